The van der Waals surface area contributed by atoms with Crippen LogP contribution in [0.2, 0.25) is 0 Å². The number of ether oxygens (including phenoxy) is 1. The van der Waals surface area contributed by atoms with Crippen molar-refractivity contribution in [2.75, 3.05) is 12.4 Å². The summed E-state index contributed by atoms with van der Waals surface area (Å²) in [6.07, 6.45) is 0. The van der Waals surface area contributed by atoms with Gasteiger partial charge in [-0.15, -0.1) is 0 Å². The maximum Gasteiger partial charge on any atom is 0.256 e. The standard InChI is InChI=1S/C18H19F2NO2/c1-10(2)13-9-14(11(3)7-17(13)23-4)18(22)21-16-6-5-12(19)8-15(16)20/h5-10H,1-4H3,(H,21,22). The van der Waals surface area contributed by atoms with Gasteiger partial charge >= 0.3 is 0 Å². The summed E-state index contributed by atoms with van der Waals surface area (Å²) in [5, 5.41) is 2.48. The highest BCUT2D eigenvalue weighted by Crippen LogP contribution is 2.30. The SMILES string of the molecule is COc1cc(C)c(C(=O)Nc2ccc(F)cc2F)cc1C(C)C. The summed E-state index contributed by atoms with van der Waals surface area (Å²) in [4.78, 5) is 12.4. The number of anilines is 1. The molecule has 0 saturated heterocycles. The van der Waals surface area contributed by atoms with Gasteiger partial charge in [0.25, 0.3) is 5.91 Å². The fraction of sp³-hybridized carbons (Fsp3) is 0.278. The van der Waals surface area contributed by atoms with Crippen LogP contribution in [0.15, 0.2) is 30.3 Å². The van der Waals surface area contributed by atoms with Gasteiger partial charge in [0.2, 0.25) is 0 Å². The van der Waals surface area contributed by atoms with Gasteiger partial charge in [0.1, 0.15) is 17.4 Å². The van der Waals surface area contributed by atoms with E-state index in [-0.39, 0.29) is 11.6 Å². The zero-order valence-electron chi connectivity index (χ0n) is 13.5. The summed E-state index contributed by atoms with van der Waals surface area (Å²) < 4.78 is 31.9. The lowest BCUT2D eigenvalue weighted by Gasteiger charge is -2.16. The van der Waals surface area contributed by atoms with Crippen molar-refractivity contribution in [3.8, 4) is 5.75 Å². The van der Waals surface area contributed by atoms with E-state index >= 15 is 0 Å². The molecule has 0 spiro atoms. The molecule has 2 aromatic carbocycles. The average molecular weight is 319 g/mol. The van der Waals surface area contributed by atoms with Crippen LogP contribution in [0.5, 0.6) is 5.75 Å². The third kappa shape index (κ3) is 3.67. The molecular weight excluding hydrogens is 300 g/mol. The van der Waals surface area contributed by atoms with Crippen molar-refractivity contribution in [1.29, 1.82) is 0 Å². The topological polar surface area (TPSA) is 38.3 Å². The molecule has 5 heteroatoms. The molecule has 2 rings (SSSR count). The van der Waals surface area contributed by atoms with Gasteiger partial charge in [0, 0.05) is 11.6 Å². The van der Waals surface area contributed by atoms with Crippen LogP contribution < -0.4 is 10.1 Å². The molecule has 0 aromatic heterocycles. The molecule has 122 valence electrons. The first kappa shape index (κ1) is 16.9. The van der Waals surface area contributed by atoms with E-state index in [1.807, 2.05) is 13.8 Å². The number of rotatable bonds is 4. The minimum atomic E-state index is -0.811. The third-order valence-electron chi connectivity index (χ3n) is 3.62. The molecule has 0 saturated carbocycles. The summed E-state index contributed by atoms with van der Waals surface area (Å²) in [5.74, 6) is -1.07. The second-order valence-electron chi connectivity index (χ2n) is 5.64. The fourth-order valence-electron chi connectivity index (χ4n) is 2.35. The molecule has 3 nitrogen and oxygen atoms in total. The van der Waals surface area contributed by atoms with Gasteiger partial charge < -0.3 is 10.1 Å². The van der Waals surface area contributed by atoms with E-state index in [0.717, 1.165) is 17.7 Å². The zero-order chi connectivity index (χ0) is 17.1. The molecule has 0 fully saturated rings. The van der Waals surface area contributed by atoms with Crippen LogP contribution in [0.1, 0.15) is 41.3 Å². The molecule has 1 N–H and O–H groups in total. The van der Waals surface area contributed by atoms with E-state index in [2.05, 4.69) is 5.32 Å². The van der Waals surface area contributed by atoms with Gasteiger partial charge in [-0.05, 0) is 48.2 Å². The summed E-state index contributed by atoms with van der Waals surface area (Å²) >= 11 is 0. The highest BCUT2D eigenvalue weighted by atomic mass is 19.1. The summed E-state index contributed by atoms with van der Waals surface area (Å²) in [5.41, 5.74) is 1.98. The molecule has 0 aliphatic heterocycles. The largest absolute Gasteiger partial charge is 0.496 e. The Balaban J connectivity index is 2.37. The van der Waals surface area contributed by atoms with Crippen molar-refractivity contribution in [2.45, 2.75) is 26.7 Å². The van der Waals surface area contributed by atoms with Crippen molar-refractivity contribution in [1.82, 2.24) is 0 Å². The Bertz CT molecular complexity index is 742. The highest BCUT2D eigenvalue weighted by Gasteiger charge is 2.17. The molecule has 0 aliphatic rings. The molecule has 0 unspecified atom stereocenters. The van der Waals surface area contributed by atoms with E-state index in [0.29, 0.717) is 16.9 Å². The molecule has 0 bridgehead atoms. The van der Waals surface area contributed by atoms with E-state index in [1.54, 1.807) is 26.2 Å². The number of carbonyl (C=O) groups excluding carboxylic acids is 1. The van der Waals surface area contributed by atoms with Gasteiger partial charge in [0.15, 0.2) is 0 Å². The first-order chi connectivity index (χ1) is 10.8. The Morgan fingerprint density at radius 2 is 1.87 bits per heavy atom. The van der Waals surface area contributed by atoms with Crippen LogP contribution in [0.3, 0.4) is 0 Å². The summed E-state index contributed by atoms with van der Waals surface area (Å²) in [6.45, 7) is 5.77. The maximum atomic E-state index is 13.7. The summed E-state index contributed by atoms with van der Waals surface area (Å²) in [6, 6.07) is 6.56. The van der Waals surface area contributed by atoms with Gasteiger partial charge in [-0.3, -0.25) is 4.79 Å². The monoisotopic (exact) mass is 319 g/mol. The predicted octanol–water partition coefficient (Wildman–Crippen LogP) is 4.66. The number of carbonyl (C=O) groups is 1. The van der Waals surface area contributed by atoms with E-state index in [9.17, 15) is 13.6 Å². The van der Waals surface area contributed by atoms with E-state index in [1.165, 1.54) is 6.07 Å². The van der Waals surface area contributed by atoms with E-state index < -0.39 is 17.5 Å². The second-order valence-corrected chi connectivity index (χ2v) is 5.64. The first-order valence-corrected chi connectivity index (χ1v) is 7.28. The smallest absolute Gasteiger partial charge is 0.256 e. The van der Waals surface area contributed by atoms with Crippen LogP contribution >= 0.6 is 0 Å². The fourth-order valence-corrected chi connectivity index (χ4v) is 2.35. The van der Waals surface area contributed by atoms with Crippen LogP contribution in [-0.4, -0.2) is 13.0 Å². The quantitative estimate of drug-likeness (QED) is 0.890. The minimum absolute atomic E-state index is 0.0577. The molecule has 0 aliphatic carbocycles. The summed E-state index contributed by atoms with van der Waals surface area (Å²) in [7, 11) is 1.58. The predicted molar refractivity (Wildman–Crippen MR) is 86.1 cm³/mol. The van der Waals surface area contributed by atoms with Crippen molar-refractivity contribution >= 4 is 11.6 Å². The lowest BCUT2D eigenvalue weighted by molar-refractivity contribution is 0.102. The normalized spacial score (nSPS) is 10.7. The molecule has 0 atom stereocenters. The zero-order valence-corrected chi connectivity index (χ0v) is 13.5. The van der Waals surface area contributed by atoms with Gasteiger partial charge in [-0.25, -0.2) is 8.78 Å². The second kappa shape index (κ2) is 6.77. The Hall–Kier alpha value is -2.43. The lowest BCUT2D eigenvalue weighted by Crippen LogP contribution is -2.15. The van der Waals surface area contributed by atoms with Crippen LogP contribution in [-0.2, 0) is 0 Å². The number of benzene rings is 2. The number of methoxy groups -OCH3 is 1. The van der Waals surface area contributed by atoms with Gasteiger partial charge in [0.05, 0.1) is 12.8 Å². The molecule has 0 heterocycles. The lowest BCUT2D eigenvalue weighted by atomic mass is 9.96. The number of amides is 1. The minimum Gasteiger partial charge on any atom is -0.496 e. The van der Waals surface area contributed by atoms with Crippen molar-refractivity contribution < 1.29 is 18.3 Å². The van der Waals surface area contributed by atoms with Crippen LogP contribution in [0, 0.1) is 18.6 Å². The highest BCUT2D eigenvalue weighted by molar-refractivity contribution is 6.05. The number of nitrogens with one attached hydrogen (secondary N) is 1. The Labute approximate surface area is 134 Å². The number of aryl methyl sites for hydroxylation is 1. The van der Waals surface area contributed by atoms with Crippen LogP contribution in [0.4, 0.5) is 14.5 Å². The van der Waals surface area contributed by atoms with Crippen molar-refractivity contribution in [2.24, 2.45) is 0 Å². The van der Waals surface area contributed by atoms with Crippen molar-refractivity contribution in [3.05, 3.63) is 58.7 Å². The third-order valence-corrected chi connectivity index (χ3v) is 3.62. The van der Waals surface area contributed by atoms with Crippen molar-refractivity contribution in [3.63, 3.8) is 0 Å². The van der Waals surface area contributed by atoms with Gasteiger partial charge in [-0.2, -0.15) is 0 Å². The Kier molecular flexibility index (Phi) is 4.98. The maximum absolute atomic E-state index is 13.7. The van der Waals surface area contributed by atoms with Gasteiger partial charge in [-0.1, -0.05) is 13.8 Å². The molecule has 2 aromatic rings. The number of hydrogen-bond donors (Lipinski definition) is 1. The molecule has 0 radical (unpaired) electrons. The average Bonchev–Trinajstić information content (AvgIpc) is 2.49. The van der Waals surface area contributed by atoms with E-state index in [4.69, 9.17) is 4.74 Å². The number of halogens is 2. The number of hydrogen-bond acceptors (Lipinski definition) is 2. The molecule has 1 amide bonds. The first-order valence-electron chi connectivity index (χ1n) is 7.28. The molecular formula is C18H19F2NO2. The molecule has 23 heavy (non-hydrogen) atoms. The van der Waals surface area contributed by atoms with Crippen LogP contribution in [0.25, 0.3) is 0 Å². The Morgan fingerprint density at radius 3 is 2.43 bits per heavy atom. The Morgan fingerprint density at radius 1 is 1.17 bits per heavy atom.